The molecule has 0 saturated carbocycles. The number of aldehydes is 1. The van der Waals surface area contributed by atoms with Crippen molar-refractivity contribution in [1.82, 2.24) is 0 Å². The molecule has 1 aromatic rings. The van der Waals surface area contributed by atoms with E-state index in [0.29, 0.717) is 12.1 Å². The van der Waals surface area contributed by atoms with Gasteiger partial charge in [0.05, 0.1) is 6.54 Å². The number of carbonyl (C=O) groups is 1. The third kappa shape index (κ3) is 2.84. The summed E-state index contributed by atoms with van der Waals surface area (Å²) >= 11 is 3.38. The molecule has 15 heavy (non-hydrogen) atoms. The van der Waals surface area contributed by atoms with Gasteiger partial charge in [0.2, 0.25) is 0 Å². The Morgan fingerprint density at radius 3 is 2.87 bits per heavy atom. The Labute approximate surface area is 98.4 Å². The summed E-state index contributed by atoms with van der Waals surface area (Å²) in [7, 11) is 0. The van der Waals surface area contributed by atoms with Crippen LogP contribution in [0.25, 0.3) is 0 Å². The standard InChI is InChI=1S/C12H12BrNO/c1-3-7-14(4-2)12-8-11(13)6-5-10(12)9-15/h1,5-6,8-9H,4,7H2,2H3. The number of hydrogen-bond acceptors (Lipinski definition) is 2. The van der Waals surface area contributed by atoms with Crippen molar-refractivity contribution in [1.29, 1.82) is 0 Å². The molecule has 3 heteroatoms. The summed E-state index contributed by atoms with van der Waals surface area (Å²) in [5, 5.41) is 0. The minimum absolute atomic E-state index is 0.508. The van der Waals surface area contributed by atoms with E-state index in [4.69, 9.17) is 6.42 Å². The Bertz CT molecular complexity index is 395. The average molecular weight is 266 g/mol. The first-order valence-electron chi connectivity index (χ1n) is 4.66. The van der Waals surface area contributed by atoms with E-state index in [1.807, 2.05) is 24.0 Å². The summed E-state index contributed by atoms with van der Waals surface area (Å²) < 4.78 is 0.943. The van der Waals surface area contributed by atoms with Crippen LogP contribution in [0.5, 0.6) is 0 Å². The number of hydrogen-bond donors (Lipinski definition) is 0. The first kappa shape index (κ1) is 11.8. The molecule has 0 bridgehead atoms. The van der Waals surface area contributed by atoms with Crippen LogP contribution in [0.1, 0.15) is 17.3 Å². The molecule has 0 N–H and O–H groups in total. The maximum absolute atomic E-state index is 10.9. The smallest absolute Gasteiger partial charge is 0.152 e. The fourth-order valence-electron chi connectivity index (χ4n) is 1.37. The molecule has 2 nitrogen and oxygen atoms in total. The zero-order chi connectivity index (χ0) is 11.3. The number of halogens is 1. The number of carbonyl (C=O) groups excluding carboxylic acids is 1. The fourth-order valence-corrected chi connectivity index (χ4v) is 1.72. The van der Waals surface area contributed by atoms with Crippen LogP contribution in [-0.2, 0) is 0 Å². The molecule has 0 atom stereocenters. The number of terminal acetylenes is 1. The van der Waals surface area contributed by atoms with E-state index in [1.165, 1.54) is 0 Å². The molecule has 0 amide bonds. The lowest BCUT2D eigenvalue weighted by atomic mass is 10.1. The first-order chi connectivity index (χ1) is 7.22. The van der Waals surface area contributed by atoms with Crippen LogP contribution in [-0.4, -0.2) is 19.4 Å². The van der Waals surface area contributed by atoms with E-state index in [-0.39, 0.29) is 0 Å². The first-order valence-corrected chi connectivity index (χ1v) is 5.45. The second-order valence-corrected chi connectivity index (χ2v) is 3.95. The van der Waals surface area contributed by atoms with Gasteiger partial charge >= 0.3 is 0 Å². The topological polar surface area (TPSA) is 20.3 Å². The van der Waals surface area contributed by atoms with Crippen molar-refractivity contribution in [2.24, 2.45) is 0 Å². The van der Waals surface area contributed by atoms with Gasteiger partial charge in [-0.2, -0.15) is 0 Å². The van der Waals surface area contributed by atoms with E-state index in [9.17, 15) is 4.79 Å². The largest absolute Gasteiger partial charge is 0.360 e. The molecule has 78 valence electrons. The second-order valence-electron chi connectivity index (χ2n) is 3.04. The molecule has 0 unspecified atom stereocenters. The van der Waals surface area contributed by atoms with Crippen molar-refractivity contribution in [2.45, 2.75) is 6.92 Å². The van der Waals surface area contributed by atoms with Crippen LogP contribution < -0.4 is 4.90 Å². The van der Waals surface area contributed by atoms with Crippen molar-refractivity contribution in [2.75, 3.05) is 18.0 Å². The third-order valence-corrected chi connectivity index (χ3v) is 2.62. The SMILES string of the molecule is C#CCN(CC)c1cc(Br)ccc1C=O. The second kappa shape index (κ2) is 5.57. The van der Waals surface area contributed by atoms with Crippen LogP contribution in [0, 0.1) is 12.3 Å². The van der Waals surface area contributed by atoms with Crippen molar-refractivity contribution < 1.29 is 4.79 Å². The van der Waals surface area contributed by atoms with Gasteiger partial charge in [-0.1, -0.05) is 21.9 Å². The van der Waals surface area contributed by atoms with Crippen molar-refractivity contribution in [3.8, 4) is 12.3 Å². The maximum Gasteiger partial charge on any atom is 0.152 e. The highest BCUT2D eigenvalue weighted by Crippen LogP contribution is 2.23. The predicted molar refractivity (Wildman–Crippen MR) is 66.2 cm³/mol. The lowest BCUT2D eigenvalue weighted by Gasteiger charge is -2.22. The van der Waals surface area contributed by atoms with E-state index in [1.54, 1.807) is 6.07 Å². The Morgan fingerprint density at radius 2 is 2.33 bits per heavy atom. The van der Waals surface area contributed by atoms with Crippen LogP contribution in [0.2, 0.25) is 0 Å². The Balaban J connectivity index is 3.14. The van der Waals surface area contributed by atoms with Gasteiger partial charge < -0.3 is 4.90 Å². The molecule has 0 aromatic heterocycles. The zero-order valence-electron chi connectivity index (χ0n) is 8.53. The number of anilines is 1. The summed E-state index contributed by atoms with van der Waals surface area (Å²) in [5.74, 6) is 2.58. The summed E-state index contributed by atoms with van der Waals surface area (Å²) in [5.41, 5.74) is 1.54. The molecule has 1 rings (SSSR count). The highest BCUT2D eigenvalue weighted by atomic mass is 79.9. The Hall–Kier alpha value is -1.27. The highest BCUT2D eigenvalue weighted by molar-refractivity contribution is 9.10. The lowest BCUT2D eigenvalue weighted by molar-refractivity contribution is 0.112. The van der Waals surface area contributed by atoms with Crippen LogP contribution in [0.3, 0.4) is 0 Å². The summed E-state index contributed by atoms with van der Waals surface area (Å²) in [6, 6.07) is 5.53. The fraction of sp³-hybridized carbons (Fsp3) is 0.250. The zero-order valence-corrected chi connectivity index (χ0v) is 10.1. The van der Waals surface area contributed by atoms with Crippen LogP contribution in [0.15, 0.2) is 22.7 Å². The molecule has 0 aliphatic carbocycles. The number of benzene rings is 1. The third-order valence-electron chi connectivity index (χ3n) is 2.12. The van der Waals surface area contributed by atoms with Gasteiger partial charge in [-0.25, -0.2) is 0 Å². The van der Waals surface area contributed by atoms with Crippen LogP contribution >= 0.6 is 15.9 Å². The molecular weight excluding hydrogens is 254 g/mol. The summed E-state index contributed by atoms with van der Waals surface area (Å²) in [6.45, 7) is 3.29. The maximum atomic E-state index is 10.9. The molecule has 0 heterocycles. The minimum Gasteiger partial charge on any atom is -0.360 e. The molecule has 0 fully saturated rings. The van der Waals surface area contributed by atoms with Crippen molar-refractivity contribution in [3.05, 3.63) is 28.2 Å². The lowest BCUT2D eigenvalue weighted by Crippen LogP contribution is -2.24. The van der Waals surface area contributed by atoms with E-state index in [2.05, 4.69) is 21.9 Å². The van der Waals surface area contributed by atoms with E-state index in [0.717, 1.165) is 23.0 Å². The van der Waals surface area contributed by atoms with Gasteiger partial charge in [0, 0.05) is 22.3 Å². The monoisotopic (exact) mass is 265 g/mol. The van der Waals surface area contributed by atoms with E-state index >= 15 is 0 Å². The molecule has 0 saturated heterocycles. The van der Waals surface area contributed by atoms with Gasteiger partial charge in [-0.05, 0) is 25.1 Å². The minimum atomic E-state index is 0.508. The van der Waals surface area contributed by atoms with E-state index < -0.39 is 0 Å². The quantitative estimate of drug-likeness (QED) is 0.617. The molecule has 0 aliphatic rings. The molecule has 0 radical (unpaired) electrons. The van der Waals surface area contributed by atoms with Gasteiger partial charge in [0.25, 0.3) is 0 Å². The van der Waals surface area contributed by atoms with Crippen molar-refractivity contribution in [3.63, 3.8) is 0 Å². The van der Waals surface area contributed by atoms with Gasteiger partial charge in [-0.15, -0.1) is 6.42 Å². The normalized spacial score (nSPS) is 9.40. The molecule has 1 aromatic carbocycles. The molecule has 0 aliphatic heterocycles. The van der Waals surface area contributed by atoms with Crippen molar-refractivity contribution >= 4 is 27.9 Å². The number of nitrogens with zero attached hydrogens (tertiary/aromatic N) is 1. The van der Waals surface area contributed by atoms with Gasteiger partial charge in [-0.3, -0.25) is 4.79 Å². The number of rotatable bonds is 4. The van der Waals surface area contributed by atoms with Gasteiger partial charge in [0.15, 0.2) is 6.29 Å². The average Bonchev–Trinajstić information content (AvgIpc) is 2.26. The predicted octanol–water partition coefficient (Wildman–Crippen LogP) is 2.72. The Morgan fingerprint density at radius 1 is 1.60 bits per heavy atom. The Kier molecular flexibility index (Phi) is 4.38. The summed E-state index contributed by atoms with van der Waals surface area (Å²) in [4.78, 5) is 12.9. The van der Waals surface area contributed by atoms with Crippen LogP contribution in [0.4, 0.5) is 5.69 Å². The molecule has 0 spiro atoms. The highest BCUT2D eigenvalue weighted by Gasteiger charge is 2.08. The summed E-state index contributed by atoms with van der Waals surface area (Å²) in [6.07, 6.45) is 6.13. The van der Waals surface area contributed by atoms with Gasteiger partial charge in [0.1, 0.15) is 0 Å². The molecular formula is C12H12BrNO.